The highest BCUT2D eigenvalue weighted by Gasteiger charge is 2.30. The van der Waals surface area contributed by atoms with Crippen LogP contribution in [0.3, 0.4) is 0 Å². The molecule has 1 aliphatic rings. The van der Waals surface area contributed by atoms with Gasteiger partial charge in [0.25, 0.3) is 5.91 Å². The number of allylic oxidation sites excluding steroid dienone is 2. The van der Waals surface area contributed by atoms with Crippen LogP contribution in [0.2, 0.25) is 0 Å². The summed E-state index contributed by atoms with van der Waals surface area (Å²) in [6.45, 7) is 1.90. The molecule has 0 saturated heterocycles. The third-order valence-electron chi connectivity index (χ3n) is 2.90. The van der Waals surface area contributed by atoms with Gasteiger partial charge in [0.15, 0.2) is 0 Å². The number of hydrogen-bond donors (Lipinski definition) is 4. The summed E-state index contributed by atoms with van der Waals surface area (Å²) in [6.07, 6.45) is 7.93. The molecule has 1 aliphatic carbocycles. The number of carbonyl (C=O) groups excluding carboxylic acids is 1. The topological polar surface area (TPSA) is 89.0 Å². The summed E-state index contributed by atoms with van der Waals surface area (Å²) in [5, 5.41) is 17.9. The standard InChI is InChI=1S/C13H23N5O2/c1-4-5-8-15-18(3)9-11(17-14-2)13(20)16-10-6-7-12(10)19/h4-5,8-10,12,14,17,19H,6-7H2,1-3H3,(H,16,20)/b5-4-,11-9-,15-8-. The van der Waals surface area contributed by atoms with Gasteiger partial charge in [-0.25, -0.2) is 5.43 Å². The molecule has 0 aromatic heterocycles. The lowest BCUT2D eigenvalue weighted by molar-refractivity contribution is -0.120. The Morgan fingerprint density at radius 2 is 2.20 bits per heavy atom. The van der Waals surface area contributed by atoms with Crippen molar-refractivity contribution >= 4 is 12.1 Å². The molecule has 20 heavy (non-hydrogen) atoms. The van der Waals surface area contributed by atoms with Crippen LogP contribution in [-0.4, -0.2) is 48.5 Å². The molecule has 1 fully saturated rings. The third kappa shape index (κ3) is 5.02. The number of hydrazine groups is 1. The second-order valence-electron chi connectivity index (χ2n) is 4.51. The van der Waals surface area contributed by atoms with Crippen molar-refractivity contribution in [2.75, 3.05) is 14.1 Å². The summed E-state index contributed by atoms with van der Waals surface area (Å²) in [6, 6.07) is -0.165. The van der Waals surface area contributed by atoms with E-state index in [0.29, 0.717) is 5.70 Å². The van der Waals surface area contributed by atoms with Crippen LogP contribution in [0.1, 0.15) is 19.8 Å². The van der Waals surface area contributed by atoms with Gasteiger partial charge in [-0.3, -0.25) is 9.80 Å². The Labute approximate surface area is 119 Å². The fourth-order valence-corrected chi connectivity index (χ4v) is 1.63. The largest absolute Gasteiger partial charge is 0.391 e. The van der Waals surface area contributed by atoms with E-state index in [1.807, 2.05) is 13.0 Å². The summed E-state index contributed by atoms with van der Waals surface area (Å²) in [4.78, 5) is 12.1. The Balaban J connectivity index is 2.63. The lowest BCUT2D eigenvalue weighted by Gasteiger charge is -2.33. The third-order valence-corrected chi connectivity index (χ3v) is 2.90. The van der Waals surface area contributed by atoms with Gasteiger partial charge < -0.3 is 15.8 Å². The Morgan fingerprint density at radius 1 is 1.45 bits per heavy atom. The van der Waals surface area contributed by atoms with Crippen molar-refractivity contribution in [1.29, 1.82) is 0 Å². The number of aliphatic hydroxyl groups is 1. The number of rotatable bonds is 7. The van der Waals surface area contributed by atoms with E-state index in [2.05, 4.69) is 21.3 Å². The van der Waals surface area contributed by atoms with E-state index in [-0.39, 0.29) is 11.9 Å². The summed E-state index contributed by atoms with van der Waals surface area (Å²) in [7, 11) is 3.39. The minimum absolute atomic E-state index is 0.165. The number of carbonyl (C=O) groups is 1. The van der Waals surface area contributed by atoms with Crippen molar-refractivity contribution in [3.63, 3.8) is 0 Å². The molecule has 1 amide bonds. The molecule has 4 N–H and O–H groups in total. The molecule has 0 spiro atoms. The van der Waals surface area contributed by atoms with E-state index in [1.165, 1.54) is 5.01 Å². The quantitative estimate of drug-likeness (QED) is 0.292. The zero-order chi connectivity index (χ0) is 15.0. The molecule has 7 heteroatoms. The Bertz CT molecular complexity index is 406. The molecule has 2 unspecified atom stereocenters. The van der Waals surface area contributed by atoms with Crippen LogP contribution in [0.25, 0.3) is 0 Å². The molecule has 0 aromatic carbocycles. The van der Waals surface area contributed by atoms with Crippen LogP contribution >= 0.6 is 0 Å². The molecule has 1 saturated carbocycles. The predicted molar refractivity (Wildman–Crippen MR) is 78.5 cm³/mol. The van der Waals surface area contributed by atoms with E-state index in [0.717, 1.165) is 12.8 Å². The molecule has 0 heterocycles. The average molecular weight is 281 g/mol. The Morgan fingerprint density at radius 3 is 2.70 bits per heavy atom. The highest BCUT2D eigenvalue weighted by atomic mass is 16.3. The Hall–Kier alpha value is -1.86. The summed E-state index contributed by atoms with van der Waals surface area (Å²) in [5.41, 5.74) is 5.79. The maximum Gasteiger partial charge on any atom is 0.270 e. The summed E-state index contributed by atoms with van der Waals surface area (Å²) < 4.78 is 0. The van der Waals surface area contributed by atoms with Crippen LogP contribution in [0.4, 0.5) is 0 Å². The number of hydrazone groups is 1. The van der Waals surface area contributed by atoms with Gasteiger partial charge in [-0.15, -0.1) is 0 Å². The predicted octanol–water partition coefficient (Wildman–Crippen LogP) is -0.315. The van der Waals surface area contributed by atoms with E-state index >= 15 is 0 Å². The molecule has 0 aromatic rings. The van der Waals surface area contributed by atoms with E-state index in [4.69, 9.17) is 0 Å². The normalized spacial score (nSPS) is 22.9. The smallest absolute Gasteiger partial charge is 0.270 e. The second kappa shape index (κ2) is 8.34. The highest BCUT2D eigenvalue weighted by Crippen LogP contribution is 2.19. The number of amides is 1. The zero-order valence-electron chi connectivity index (χ0n) is 12.1. The first-order chi connectivity index (χ1) is 9.58. The lowest BCUT2D eigenvalue weighted by Crippen LogP contribution is -2.52. The zero-order valence-corrected chi connectivity index (χ0v) is 12.1. The van der Waals surface area contributed by atoms with E-state index in [1.54, 1.807) is 32.6 Å². The van der Waals surface area contributed by atoms with Crippen molar-refractivity contribution < 1.29 is 9.90 Å². The van der Waals surface area contributed by atoms with Crippen LogP contribution in [0.5, 0.6) is 0 Å². The molecule has 2 atom stereocenters. The van der Waals surface area contributed by atoms with Gasteiger partial charge in [0, 0.05) is 20.3 Å². The first-order valence-corrected chi connectivity index (χ1v) is 6.60. The number of hydrogen-bond acceptors (Lipinski definition) is 6. The molecule has 0 bridgehead atoms. The van der Waals surface area contributed by atoms with Gasteiger partial charge in [0.05, 0.1) is 18.3 Å². The van der Waals surface area contributed by atoms with Crippen LogP contribution < -0.4 is 16.2 Å². The number of nitrogens with zero attached hydrogens (tertiary/aromatic N) is 2. The lowest BCUT2D eigenvalue weighted by atomic mass is 9.89. The van der Waals surface area contributed by atoms with Gasteiger partial charge in [-0.2, -0.15) is 5.10 Å². The monoisotopic (exact) mass is 281 g/mol. The van der Waals surface area contributed by atoms with Crippen LogP contribution in [-0.2, 0) is 4.79 Å². The maximum atomic E-state index is 12.1. The van der Waals surface area contributed by atoms with Gasteiger partial charge in [-0.1, -0.05) is 6.08 Å². The minimum Gasteiger partial charge on any atom is -0.391 e. The summed E-state index contributed by atoms with van der Waals surface area (Å²) in [5.74, 6) is -0.281. The van der Waals surface area contributed by atoms with Crippen molar-refractivity contribution in [3.05, 3.63) is 24.0 Å². The van der Waals surface area contributed by atoms with Gasteiger partial charge in [-0.05, 0) is 25.8 Å². The van der Waals surface area contributed by atoms with Gasteiger partial charge in [0.1, 0.15) is 5.70 Å². The first kappa shape index (κ1) is 16.2. The van der Waals surface area contributed by atoms with Crippen molar-refractivity contribution in [1.82, 2.24) is 21.2 Å². The molecule has 0 radical (unpaired) electrons. The maximum absolute atomic E-state index is 12.1. The molecule has 0 aliphatic heterocycles. The molecular formula is C13H23N5O2. The first-order valence-electron chi connectivity index (χ1n) is 6.60. The minimum atomic E-state index is -0.444. The van der Waals surface area contributed by atoms with E-state index < -0.39 is 6.10 Å². The molecular weight excluding hydrogens is 258 g/mol. The molecule has 1 rings (SSSR count). The van der Waals surface area contributed by atoms with Crippen LogP contribution in [0, 0.1) is 0 Å². The summed E-state index contributed by atoms with van der Waals surface area (Å²) >= 11 is 0. The molecule has 112 valence electrons. The van der Waals surface area contributed by atoms with Crippen molar-refractivity contribution in [2.45, 2.75) is 31.9 Å². The van der Waals surface area contributed by atoms with Crippen molar-refractivity contribution in [3.8, 4) is 0 Å². The highest BCUT2D eigenvalue weighted by molar-refractivity contribution is 5.92. The number of aliphatic hydroxyl groups excluding tert-OH is 1. The SMILES string of the molecule is C/C=C\C=N/N(C)/C=C(\NNC)C(=O)NC1CCC1O. The second-order valence-corrected chi connectivity index (χ2v) is 4.51. The number of nitrogens with one attached hydrogen (secondary N) is 3. The van der Waals surface area contributed by atoms with E-state index in [9.17, 15) is 9.90 Å². The van der Waals surface area contributed by atoms with Gasteiger partial charge in [0.2, 0.25) is 0 Å². The van der Waals surface area contributed by atoms with Crippen LogP contribution in [0.15, 0.2) is 29.2 Å². The van der Waals surface area contributed by atoms with Gasteiger partial charge >= 0.3 is 0 Å². The fraction of sp³-hybridized carbons (Fsp3) is 0.538. The fourth-order valence-electron chi connectivity index (χ4n) is 1.63. The average Bonchev–Trinajstić information content (AvgIpc) is 2.42. The Kier molecular flexibility index (Phi) is 6.75. The van der Waals surface area contributed by atoms with Crippen molar-refractivity contribution in [2.24, 2.45) is 5.10 Å². The molecule has 7 nitrogen and oxygen atoms in total.